The van der Waals surface area contributed by atoms with Gasteiger partial charge in [-0.15, -0.1) is 22.6 Å². The summed E-state index contributed by atoms with van der Waals surface area (Å²) in [6.45, 7) is 9.66. The van der Waals surface area contributed by atoms with Crippen LogP contribution in [0, 0.1) is 13.8 Å². The lowest BCUT2D eigenvalue weighted by molar-refractivity contribution is 0.283. The molecule has 1 aliphatic heterocycles. The molecule has 40 heavy (non-hydrogen) atoms. The van der Waals surface area contributed by atoms with Crippen LogP contribution in [0.5, 0.6) is 0 Å². The van der Waals surface area contributed by atoms with Gasteiger partial charge < -0.3 is 13.9 Å². The molecule has 6 rings (SSSR count). The summed E-state index contributed by atoms with van der Waals surface area (Å²) in [5.74, 6) is 2.77. The van der Waals surface area contributed by atoms with Crippen LogP contribution in [0.3, 0.4) is 0 Å². The first-order valence-electron chi connectivity index (χ1n) is 14.0. The summed E-state index contributed by atoms with van der Waals surface area (Å²) < 4.78 is 8.14. The van der Waals surface area contributed by atoms with Crippen LogP contribution in [0.25, 0.3) is 33.4 Å². The molecule has 9 heteroatoms. The predicted octanol–water partition coefficient (Wildman–Crippen LogP) is 6.75. The van der Waals surface area contributed by atoms with Crippen molar-refractivity contribution in [2.75, 3.05) is 25.4 Å². The van der Waals surface area contributed by atoms with Crippen molar-refractivity contribution in [1.82, 2.24) is 29.6 Å². The zero-order valence-electron chi connectivity index (χ0n) is 23.7. The van der Waals surface area contributed by atoms with Crippen molar-refractivity contribution in [2.24, 2.45) is 7.05 Å². The van der Waals surface area contributed by atoms with Crippen LogP contribution in [0.2, 0.25) is 0 Å². The maximum Gasteiger partial charge on any atom is 0.195 e. The minimum absolute atomic E-state index is 0. The highest BCUT2D eigenvalue weighted by Gasteiger charge is 2.20. The molecular weight excluding hydrogens is 540 g/mol. The van der Waals surface area contributed by atoms with E-state index >= 15 is 0 Å². The van der Waals surface area contributed by atoms with E-state index in [1.165, 1.54) is 23.1 Å². The monoisotopic (exact) mass is 576 g/mol. The number of aryl methyl sites for hydroxylation is 3. The van der Waals surface area contributed by atoms with Crippen molar-refractivity contribution in [3.8, 4) is 11.4 Å². The van der Waals surface area contributed by atoms with Crippen molar-refractivity contribution in [1.29, 1.82) is 0 Å². The highest BCUT2D eigenvalue weighted by Crippen LogP contribution is 2.30. The molecule has 0 aliphatic carbocycles. The number of halogens is 1. The van der Waals surface area contributed by atoms with E-state index in [1.54, 1.807) is 11.8 Å². The number of hydrogen-bond donors (Lipinski definition) is 0. The number of unbranched alkanes of at least 4 members (excludes halogenated alkanes) is 1. The number of nitrogens with zero attached hydrogens (tertiary/aromatic N) is 6. The molecule has 1 aliphatic rings. The first-order valence-corrected chi connectivity index (χ1v) is 15.0. The van der Waals surface area contributed by atoms with Gasteiger partial charge in [-0.25, -0.2) is 4.98 Å². The van der Waals surface area contributed by atoms with E-state index in [4.69, 9.17) is 4.42 Å². The van der Waals surface area contributed by atoms with Gasteiger partial charge in [0.25, 0.3) is 0 Å². The highest BCUT2D eigenvalue weighted by atomic mass is 35.5. The summed E-state index contributed by atoms with van der Waals surface area (Å²) in [5.41, 5.74) is 9.29. The number of aromatic nitrogens is 5. The second-order valence-electron chi connectivity index (χ2n) is 10.5. The normalized spacial score (nSPS) is 13.9. The number of hydrogen-bond acceptors (Lipinski definition) is 7. The summed E-state index contributed by atoms with van der Waals surface area (Å²) in [6.07, 6.45) is 5.35. The van der Waals surface area contributed by atoms with Crippen LogP contribution in [0.15, 0.2) is 46.0 Å². The van der Waals surface area contributed by atoms with E-state index in [2.05, 4.69) is 80.9 Å². The van der Waals surface area contributed by atoms with Gasteiger partial charge in [-0.1, -0.05) is 36.9 Å². The van der Waals surface area contributed by atoms with Crippen LogP contribution in [-0.4, -0.2) is 55.0 Å². The molecule has 0 saturated carbocycles. The Kier molecular flexibility index (Phi) is 8.78. The molecule has 3 aromatic heterocycles. The quantitative estimate of drug-likeness (QED) is 0.149. The van der Waals surface area contributed by atoms with E-state index in [-0.39, 0.29) is 12.4 Å². The second-order valence-corrected chi connectivity index (χ2v) is 11.6. The second kappa shape index (κ2) is 12.3. The fourth-order valence-corrected chi connectivity index (χ4v) is 6.62. The fraction of sp³-hybridized carbons (Fsp3) is 0.419. The zero-order chi connectivity index (χ0) is 26.9. The summed E-state index contributed by atoms with van der Waals surface area (Å²) in [5, 5.41) is 11.1. The molecule has 0 atom stereocenters. The Balaban J connectivity index is 0.00000323. The summed E-state index contributed by atoms with van der Waals surface area (Å²) in [6, 6.07) is 12.7. The van der Waals surface area contributed by atoms with Crippen molar-refractivity contribution < 1.29 is 4.42 Å². The standard InChI is InChI=1S/C31H36N6OS.ClH/c1-5-28-33-27-19-22-13-16-37(17-14-23(22)21(3)29(27)38-28)15-6-7-18-39-31-35-34-30(36(31)4)25-9-8-10-26-24(25)12-11-20(2)32-26;/h8-12,19H,5-7,13-18H2,1-4H3;1H. The number of oxazole rings is 1. The van der Waals surface area contributed by atoms with E-state index in [9.17, 15) is 0 Å². The Morgan fingerprint density at radius 2 is 1.82 bits per heavy atom. The molecule has 210 valence electrons. The molecule has 0 N–H and O–H groups in total. The van der Waals surface area contributed by atoms with E-state index < -0.39 is 0 Å². The van der Waals surface area contributed by atoms with E-state index in [0.29, 0.717) is 0 Å². The molecule has 0 spiro atoms. The smallest absolute Gasteiger partial charge is 0.195 e. The lowest BCUT2D eigenvalue weighted by Gasteiger charge is -2.19. The van der Waals surface area contributed by atoms with Gasteiger partial charge in [-0.2, -0.15) is 0 Å². The first-order chi connectivity index (χ1) is 19.0. The van der Waals surface area contributed by atoms with Gasteiger partial charge in [-0.3, -0.25) is 4.98 Å². The molecule has 0 unspecified atom stereocenters. The van der Waals surface area contributed by atoms with E-state index in [0.717, 1.165) is 101 Å². The fourth-order valence-electron chi connectivity index (χ4n) is 5.71. The van der Waals surface area contributed by atoms with Crippen LogP contribution in [-0.2, 0) is 26.3 Å². The average molecular weight is 577 g/mol. The van der Waals surface area contributed by atoms with Crippen molar-refractivity contribution >= 4 is 46.2 Å². The molecule has 0 bridgehead atoms. The van der Waals surface area contributed by atoms with Crippen molar-refractivity contribution in [3.05, 3.63) is 64.7 Å². The number of rotatable bonds is 8. The topological polar surface area (TPSA) is 72.9 Å². The largest absolute Gasteiger partial charge is 0.440 e. The molecule has 5 aromatic rings. The van der Waals surface area contributed by atoms with Gasteiger partial charge in [0, 0.05) is 49.0 Å². The Morgan fingerprint density at radius 1 is 0.975 bits per heavy atom. The number of fused-ring (bicyclic) bond motifs is 3. The molecule has 7 nitrogen and oxygen atoms in total. The Morgan fingerprint density at radius 3 is 2.67 bits per heavy atom. The third kappa shape index (κ3) is 5.62. The summed E-state index contributed by atoms with van der Waals surface area (Å²) in [4.78, 5) is 12.0. The van der Waals surface area contributed by atoms with Crippen LogP contribution >= 0.6 is 24.2 Å². The van der Waals surface area contributed by atoms with Crippen LogP contribution in [0.1, 0.15) is 48.0 Å². The molecule has 2 aromatic carbocycles. The first kappa shape index (κ1) is 28.6. The number of pyridine rings is 1. The Labute approximate surface area is 246 Å². The Bertz CT molecular complexity index is 1640. The van der Waals surface area contributed by atoms with Gasteiger partial charge in [0.05, 0.1) is 5.52 Å². The van der Waals surface area contributed by atoms with Gasteiger partial charge in [0.1, 0.15) is 5.52 Å². The molecule has 0 fully saturated rings. The van der Waals surface area contributed by atoms with Crippen LogP contribution in [0.4, 0.5) is 0 Å². The summed E-state index contributed by atoms with van der Waals surface area (Å²) in [7, 11) is 2.06. The SMILES string of the molecule is CCc1nc2cc3c(c(C)c2o1)CCN(CCCCSc1nnc(-c2cccc4nc(C)ccc24)n1C)CC3.Cl. The van der Waals surface area contributed by atoms with Crippen molar-refractivity contribution in [3.63, 3.8) is 0 Å². The average Bonchev–Trinajstić information content (AvgIpc) is 3.46. The lowest BCUT2D eigenvalue weighted by atomic mass is 9.97. The minimum atomic E-state index is 0. The molecule has 0 radical (unpaired) electrons. The molecule has 4 heterocycles. The van der Waals surface area contributed by atoms with Crippen molar-refractivity contribution in [2.45, 2.75) is 58.0 Å². The third-order valence-electron chi connectivity index (χ3n) is 7.91. The predicted molar refractivity (Wildman–Crippen MR) is 166 cm³/mol. The maximum absolute atomic E-state index is 6.03. The Hall–Kier alpha value is -2.94. The molecule has 0 saturated heterocycles. The highest BCUT2D eigenvalue weighted by molar-refractivity contribution is 7.99. The minimum Gasteiger partial charge on any atom is -0.440 e. The maximum atomic E-state index is 6.03. The number of thioether (sulfide) groups is 1. The van der Waals surface area contributed by atoms with E-state index in [1.807, 2.05) is 13.0 Å². The lowest BCUT2D eigenvalue weighted by Crippen LogP contribution is -2.27. The van der Waals surface area contributed by atoms with Gasteiger partial charge in [0.15, 0.2) is 22.5 Å². The number of benzene rings is 2. The zero-order valence-corrected chi connectivity index (χ0v) is 25.4. The van der Waals surface area contributed by atoms with Gasteiger partial charge >= 0.3 is 0 Å². The third-order valence-corrected chi connectivity index (χ3v) is 9.02. The molecule has 0 amide bonds. The van der Waals surface area contributed by atoms with Crippen LogP contribution < -0.4 is 0 Å². The summed E-state index contributed by atoms with van der Waals surface area (Å²) >= 11 is 1.80. The van der Waals surface area contributed by atoms with Gasteiger partial charge in [0.2, 0.25) is 0 Å². The molecular formula is C31H37ClN6OS. The van der Waals surface area contributed by atoms with Gasteiger partial charge in [-0.05, 0) is 81.0 Å².